The lowest BCUT2D eigenvalue weighted by molar-refractivity contribution is 0.271. The van der Waals surface area contributed by atoms with Crippen molar-refractivity contribution < 1.29 is 4.39 Å². The Morgan fingerprint density at radius 2 is 2.00 bits per heavy atom. The lowest BCUT2D eigenvalue weighted by Crippen LogP contribution is -2.46. The summed E-state index contributed by atoms with van der Waals surface area (Å²) in [5.74, 6) is -0.213. The predicted molar refractivity (Wildman–Crippen MR) is 63.3 cm³/mol. The van der Waals surface area contributed by atoms with Gasteiger partial charge in [0.1, 0.15) is 5.82 Å². The molecule has 2 heterocycles. The fourth-order valence-corrected chi connectivity index (χ4v) is 1.99. The van der Waals surface area contributed by atoms with Gasteiger partial charge < -0.3 is 9.80 Å². The summed E-state index contributed by atoms with van der Waals surface area (Å²) in [5.41, 5.74) is 1.37. The molecule has 1 aliphatic heterocycles. The predicted octanol–water partition coefficient (Wildman–Crippen LogP) is 1.67. The number of hydrogen-bond acceptors (Lipinski definition) is 3. The number of aromatic nitrogens is 1. The second-order valence-electron chi connectivity index (χ2n) is 4.18. The third-order valence-corrected chi connectivity index (χ3v) is 3.20. The molecule has 0 saturated carbocycles. The van der Waals surface area contributed by atoms with Gasteiger partial charge in [-0.3, -0.25) is 4.98 Å². The number of hydrogen-bond donors (Lipinski definition) is 0. The monoisotopic (exact) mass is 223 g/mol. The highest BCUT2D eigenvalue weighted by Crippen LogP contribution is 2.17. The molecule has 0 atom stereocenters. The molecule has 1 saturated heterocycles. The SMILES string of the molecule is CCN1CCN(c2cnc(C)c(F)c2)CC1. The molecule has 1 aromatic heterocycles. The highest BCUT2D eigenvalue weighted by Gasteiger charge is 2.16. The van der Waals surface area contributed by atoms with E-state index in [1.807, 2.05) is 0 Å². The van der Waals surface area contributed by atoms with Gasteiger partial charge in [0.2, 0.25) is 0 Å². The van der Waals surface area contributed by atoms with Crippen LogP contribution in [0.5, 0.6) is 0 Å². The van der Waals surface area contributed by atoms with Crippen LogP contribution >= 0.6 is 0 Å². The van der Waals surface area contributed by atoms with Crippen LogP contribution in [0.2, 0.25) is 0 Å². The van der Waals surface area contributed by atoms with E-state index in [2.05, 4.69) is 21.7 Å². The number of anilines is 1. The van der Waals surface area contributed by atoms with Crippen LogP contribution < -0.4 is 4.90 Å². The highest BCUT2D eigenvalue weighted by molar-refractivity contribution is 5.45. The number of nitrogens with zero attached hydrogens (tertiary/aromatic N) is 3. The Hall–Kier alpha value is -1.16. The van der Waals surface area contributed by atoms with Gasteiger partial charge >= 0.3 is 0 Å². The normalized spacial score (nSPS) is 17.8. The Balaban J connectivity index is 2.05. The third kappa shape index (κ3) is 2.32. The number of piperazine rings is 1. The van der Waals surface area contributed by atoms with Crippen LogP contribution in [0.25, 0.3) is 0 Å². The maximum Gasteiger partial charge on any atom is 0.146 e. The summed E-state index contributed by atoms with van der Waals surface area (Å²) in [7, 11) is 0. The first-order chi connectivity index (χ1) is 7.70. The molecule has 0 unspecified atom stereocenters. The average molecular weight is 223 g/mol. The quantitative estimate of drug-likeness (QED) is 0.760. The van der Waals surface area contributed by atoms with E-state index in [9.17, 15) is 4.39 Å². The zero-order valence-electron chi connectivity index (χ0n) is 9.91. The molecule has 0 radical (unpaired) electrons. The highest BCUT2D eigenvalue weighted by atomic mass is 19.1. The number of rotatable bonds is 2. The molecule has 0 aliphatic carbocycles. The molecule has 0 spiro atoms. The summed E-state index contributed by atoms with van der Waals surface area (Å²) in [6, 6.07) is 1.59. The second kappa shape index (κ2) is 4.78. The van der Waals surface area contributed by atoms with Crippen LogP contribution in [0, 0.1) is 12.7 Å². The minimum Gasteiger partial charge on any atom is -0.368 e. The van der Waals surface area contributed by atoms with Gasteiger partial charge in [-0.05, 0) is 13.5 Å². The van der Waals surface area contributed by atoms with Crippen LogP contribution in [-0.4, -0.2) is 42.6 Å². The lowest BCUT2D eigenvalue weighted by atomic mass is 10.2. The van der Waals surface area contributed by atoms with Gasteiger partial charge in [0.05, 0.1) is 17.6 Å². The summed E-state index contributed by atoms with van der Waals surface area (Å²) >= 11 is 0. The molecule has 88 valence electrons. The maximum absolute atomic E-state index is 13.4. The van der Waals surface area contributed by atoms with Gasteiger partial charge in [-0.15, -0.1) is 0 Å². The maximum atomic E-state index is 13.4. The zero-order valence-corrected chi connectivity index (χ0v) is 9.91. The first-order valence-corrected chi connectivity index (χ1v) is 5.80. The molecule has 0 N–H and O–H groups in total. The number of pyridine rings is 1. The Morgan fingerprint density at radius 1 is 1.31 bits per heavy atom. The van der Waals surface area contributed by atoms with Crippen molar-refractivity contribution in [2.45, 2.75) is 13.8 Å². The Labute approximate surface area is 95.9 Å². The molecular weight excluding hydrogens is 205 g/mol. The van der Waals surface area contributed by atoms with Crippen molar-refractivity contribution in [1.82, 2.24) is 9.88 Å². The smallest absolute Gasteiger partial charge is 0.146 e. The van der Waals surface area contributed by atoms with Crippen molar-refractivity contribution >= 4 is 5.69 Å². The summed E-state index contributed by atoms with van der Waals surface area (Å²) < 4.78 is 13.4. The molecule has 3 nitrogen and oxygen atoms in total. The minimum absolute atomic E-state index is 0.213. The molecule has 4 heteroatoms. The third-order valence-electron chi connectivity index (χ3n) is 3.20. The second-order valence-corrected chi connectivity index (χ2v) is 4.18. The van der Waals surface area contributed by atoms with E-state index in [0.29, 0.717) is 5.69 Å². The van der Waals surface area contributed by atoms with E-state index in [0.717, 1.165) is 38.4 Å². The molecule has 1 aliphatic rings. The van der Waals surface area contributed by atoms with Gasteiger partial charge in [-0.25, -0.2) is 4.39 Å². The Morgan fingerprint density at radius 3 is 2.56 bits per heavy atom. The fraction of sp³-hybridized carbons (Fsp3) is 0.583. The van der Waals surface area contributed by atoms with Crippen molar-refractivity contribution in [3.8, 4) is 0 Å². The zero-order chi connectivity index (χ0) is 11.5. The fourth-order valence-electron chi connectivity index (χ4n) is 1.99. The Bertz CT molecular complexity index is 359. The van der Waals surface area contributed by atoms with Gasteiger partial charge in [0.25, 0.3) is 0 Å². The standard InChI is InChI=1S/C12H18FN3/c1-3-15-4-6-16(7-5-15)11-8-12(13)10(2)14-9-11/h8-9H,3-7H2,1-2H3. The van der Waals surface area contributed by atoms with Crippen molar-refractivity contribution in [2.24, 2.45) is 0 Å². The van der Waals surface area contributed by atoms with Crippen molar-refractivity contribution in [3.05, 3.63) is 23.8 Å². The van der Waals surface area contributed by atoms with Crippen LogP contribution in [0.3, 0.4) is 0 Å². The van der Waals surface area contributed by atoms with E-state index >= 15 is 0 Å². The molecule has 0 amide bonds. The van der Waals surface area contributed by atoms with Gasteiger partial charge in [-0.2, -0.15) is 0 Å². The average Bonchev–Trinajstić information content (AvgIpc) is 2.33. The summed E-state index contributed by atoms with van der Waals surface area (Å²) in [6.45, 7) is 8.96. The van der Waals surface area contributed by atoms with Gasteiger partial charge in [0, 0.05) is 32.2 Å². The number of halogens is 1. The van der Waals surface area contributed by atoms with E-state index < -0.39 is 0 Å². The number of likely N-dealkylation sites (N-methyl/N-ethyl adjacent to an activating group) is 1. The largest absolute Gasteiger partial charge is 0.368 e. The molecule has 16 heavy (non-hydrogen) atoms. The van der Waals surface area contributed by atoms with Crippen LogP contribution in [0.4, 0.5) is 10.1 Å². The first kappa shape index (κ1) is 11.3. The summed E-state index contributed by atoms with van der Waals surface area (Å²) in [4.78, 5) is 8.66. The molecule has 1 aromatic rings. The minimum atomic E-state index is -0.213. The van der Waals surface area contributed by atoms with Crippen molar-refractivity contribution in [3.63, 3.8) is 0 Å². The van der Waals surface area contributed by atoms with E-state index in [1.165, 1.54) is 0 Å². The van der Waals surface area contributed by atoms with Gasteiger partial charge in [0.15, 0.2) is 0 Å². The topological polar surface area (TPSA) is 19.4 Å². The first-order valence-electron chi connectivity index (χ1n) is 5.80. The van der Waals surface area contributed by atoms with E-state index in [4.69, 9.17) is 0 Å². The van der Waals surface area contributed by atoms with Crippen molar-refractivity contribution in [2.75, 3.05) is 37.6 Å². The van der Waals surface area contributed by atoms with E-state index in [-0.39, 0.29) is 5.82 Å². The number of aryl methyl sites for hydroxylation is 1. The van der Waals surface area contributed by atoms with Crippen LogP contribution in [0.1, 0.15) is 12.6 Å². The molecule has 0 aromatic carbocycles. The molecular formula is C12H18FN3. The van der Waals surface area contributed by atoms with Gasteiger partial charge in [-0.1, -0.05) is 6.92 Å². The van der Waals surface area contributed by atoms with Crippen LogP contribution in [-0.2, 0) is 0 Å². The van der Waals surface area contributed by atoms with Crippen LogP contribution in [0.15, 0.2) is 12.3 Å². The van der Waals surface area contributed by atoms with Crippen molar-refractivity contribution in [1.29, 1.82) is 0 Å². The Kier molecular flexibility index (Phi) is 3.39. The molecule has 2 rings (SSSR count). The molecule has 0 bridgehead atoms. The lowest BCUT2D eigenvalue weighted by Gasteiger charge is -2.35. The summed E-state index contributed by atoms with van der Waals surface area (Å²) in [6.07, 6.45) is 1.76. The van der Waals surface area contributed by atoms with E-state index in [1.54, 1.807) is 19.2 Å². The molecule has 1 fully saturated rings. The summed E-state index contributed by atoms with van der Waals surface area (Å²) in [5, 5.41) is 0.